The number of aliphatic hydroxyl groups is 2. The van der Waals surface area contributed by atoms with Crippen LogP contribution in [0.4, 0.5) is 21.6 Å². The fourth-order valence-corrected chi connectivity index (χ4v) is 4.02. The molecule has 3 heterocycles. The average molecular weight is 490 g/mol. The van der Waals surface area contributed by atoms with Gasteiger partial charge in [0.1, 0.15) is 16.7 Å². The lowest BCUT2D eigenvalue weighted by Crippen LogP contribution is -2.49. The molecule has 11 heteroatoms. The van der Waals surface area contributed by atoms with Crippen molar-refractivity contribution < 1.29 is 19.3 Å². The number of anilines is 3. The zero-order chi connectivity index (χ0) is 24.3. The lowest BCUT2D eigenvalue weighted by Gasteiger charge is -2.34. The van der Waals surface area contributed by atoms with Crippen LogP contribution in [-0.4, -0.2) is 50.6 Å². The fraction of sp³-hybridized carbons (Fsp3) is 0.348. The van der Waals surface area contributed by atoms with Gasteiger partial charge in [-0.2, -0.15) is 9.78 Å². The van der Waals surface area contributed by atoms with E-state index in [9.17, 15) is 19.4 Å². The Morgan fingerprint density at radius 1 is 1.26 bits per heavy atom. The van der Waals surface area contributed by atoms with Gasteiger partial charge in [-0.15, -0.1) is 0 Å². The van der Waals surface area contributed by atoms with Gasteiger partial charge in [0.25, 0.3) is 5.56 Å². The van der Waals surface area contributed by atoms with Gasteiger partial charge in [-0.25, -0.2) is 9.37 Å². The van der Waals surface area contributed by atoms with E-state index in [-0.39, 0.29) is 17.3 Å². The molecule has 0 amide bonds. The van der Waals surface area contributed by atoms with Crippen LogP contribution in [-0.2, 0) is 4.74 Å². The molecule has 1 unspecified atom stereocenters. The van der Waals surface area contributed by atoms with E-state index in [4.69, 9.17) is 16.3 Å². The number of hydrogen-bond acceptors (Lipinski definition) is 8. The smallest absolute Gasteiger partial charge is 0.292 e. The van der Waals surface area contributed by atoms with Crippen LogP contribution in [0, 0.1) is 11.7 Å². The molecule has 1 aromatic carbocycles. The normalized spacial score (nSPS) is 16.3. The van der Waals surface area contributed by atoms with Crippen LogP contribution in [0.1, 0.15) is 19.8 Å². The molecule has 1 atom stereocenters. The third-order valence-corrected chi connectivity index (χ3v) is 6.04. The monoisotopic (exact) mass is 489 g/mol. The molecular weight excluding hydrogens is 465 g/mol. The van der Waals surface area contributed by atoms with E-state index in [0.29, 0.717) is 37.5 Å². The quantitative estimate of drug-likeness (QED) is 0.434. The minimum atomic E-state index is -2.30. The fourth-order valence-electron chi connectivity index (χ4n) is 3.84. The predicted molar refractivity (Wildman–Crippen MR) is 126 cm³/mol. The summed E-state index contributed by atoms with van der Waals surface area (Å²) in [6.07, 6.45) is 3.67. The second-order valence-corrected chi connectivity index (χ2v) is 8.33. The summed E-state index contributed by atoms with van der Waals surface area (Å²) in [5, 5.41) is 27.3. The zero-order valence-corrected chi connectivity index (χ0v) is 19.2. The van der Waals surface area contributed by atoms with Gasteiger partial charge in [-0.05, 0) is 56.2 Å². The number of nitrogens with zero attached hydrogens (tertiary/aromatic N) is 4. The second kappa shape index (κ2) is 10.1. The third kappa shape index (κ3) is 5.05. The molecule has 2 aromatic heterocycles. The number of ether oxygens (including phenoxy) is 1. The van der Waals surface area contributed by atoms with Crippen LogP contribution in [0.15, 0.2) is 53.6 Å². The zero-order valence-electron chi connectivity index (χ0n) is 18.5. The van der Waals surface area contributed by atoms with Gasteiger partial charge in [0, 0.05) is 18.8 Å². The van der Waals surface area contributed by atoms with Crippen molar-refractivity contribution in [3.05, 3.63) is 70.0 Å². The van der Waals surface area contributed by atoms with Crippen molar-refractivity contribution in [1.29, 1.82) is 0 Å². The predicted octanol–water partition coefficient (Wildman–Crippen LogP) is 3.05. The summed E-state index contributed by atoms with van der Waals surface area (Å²) in [6.45, 7) is 3.29. The van der Waals surface area contributed by atoms with E-state index in [2.05, 4.69) is 15.4 Å². The van der Waals surface area contributed by atoms with Gasteiger partial charge < -0.3 is 25.2 Å². The topological polar surface area (TPSA) is 113 Å². The van der Waals surface area contributed by atoms with Crippen LogP contribution in [0.5, 0.6) is 0 Å². The Labute approximate surface area is 200 Å². The first-order valence-corrected chi connectivity index (χ1v) is 11.3. The first-order valence-electron chi connectivity index (χ1n) is 10.9. The number of benzene rings is 1. The summed E-state index contributed by atoms with van der Waals surface area (Å²) in [5.74, 6) is -2.71. The van der Waals surface area contributed by atoms with Gasteiger partial charge in [-0.1, -0.05) is 11.6 Å². The van der Waals surface area contributed by atoms with Crippen LogP contribution in [0.3, 0.4) is 0 Å². The lowest BCUT2D eigenvalue weighted by molar-refractivity contribution is -0.199. The molecule has 4 rings (SSSR count). The van der Waals surface area contributed by atoms with Crippen molar-refractivity contribution in [2.45, 2.75) is 25.7 Å². The number of aromatic nitrogens is 3. The van der Waals surface area contributed by atoms with E-state index in [1.54, 1.807) is 30.3 Å². The van der Waals surface area contributed by atoms with Crippen molar-refractivity contribution in [2.75, 3.05) is 30.0 Å². The summed E-state index contributed by atoms with van der Waals surface area (Å²) >= 11 is 6.25. The molecule has 1 aliphatic heterocycles. The highest BCUT2D eigenvalue weighted by Gasteiger charge is 2.37. The van der Waals surface area contributed by atoms with Gasteiger partial charge in [0.2, 0.25) is 5.91 Å². The molecule has 0 bridgehead atoms. The lowest BCUT2D eigenvalue weighted by atomic mass is 9.98. The van der Waals surface area contributed by atoms with Crippen molar-refractivity contribution in [3.8, 4) is 5.69 Å². The summed E-state index contributed by atoms with van der Waals surface area (Å²) in [5.41, 5.74) is 0.644. The summed E-state index contributed by atoms with van der Waals surface area (Å²) in [7, 11) is 0. The second-order valence-electron chi connectivity index (χ2n) is 7.95. The largest absolute Gasteiger partial charge is 0.381 e. The minimum absolute atomic E-state index is 0.00894. The molecule has 0 spiro atoms. The molecule has 0 aliphatic carbocycles. The van der Waals surface area contributed by atoms with Gasteiger partial charge in [0.15, 0.2) is 0 Å². The maximum atomic E-state index is 13.2. The van der Waals surface area contributed by atoms with Crippen LogP contribution in [0.2, 0.25) is 5.02 Å². The highest BCUT2D eigenvalue weighted by atomic mass is 35.5. The minimum Gasteiger partial charge on any atom is -0.381 e. The Balaban J connectivity index is 1.56. The van der Waals surface area contributed by atoms with Crippen molar-refractivity contribution >= 4 is 28.8 Å². The molecule has 34 heavy (non-hydrogen) atoms. The molecular formula is C23H25ClFN5O4. The Morgan fingerprint density at radius 3 is 2.65 bits per heavy atom. The maximum Gasteiger partial charge on any atom is 0.292 e. The van der Waals surface area contributed by atoms with Gasteiger partial charge in [0.05, 0.1) is 36.3 Å². The number of rotatable bonds is 7. The molecule has 0 radical (unpaired) electrons. The summed E-state index contributed by atoms with van der Waals surface area (Å²) < 4.78 is 19.6. The van der Waals surface area contributed by atoms with Crippen LogP contribution < -0.4 is 15.8 Å². The van der Waals surface area contributed by atoms with E-state index >= 15 is 0 Å². The Hall–Kier alpha value is -3.05. The highest BCUT2D eigenvalue weighted by Crippen LogP contribution is 2.28. The molecule has 3 aromatic rings. The van der Waals surface area contributed by atoms with Crippen molar-refractivity contribution in [2.24, 2.45) is 5.92 Å². The number of pyridine rings is 1. The van der Waals surface area contributed by atoms with Crippen molar-refractivity contribution in [3.63, 3.8) is 0 Å². The van der Waals surface area contributed by atoms with Gasteiger partial charge >= 0.3 is 0 Å². The van der Waals surface area contributed by atoms with E-state index in [1.807, 2.05) is 11.8 Å². The maximum absolute atomic E-state index is 13.2. The number of nitrogens with one attached hydrogen (secondary N) is 1. The summed E-state index contributed by atoms with van der Waals surface area (Å²) in [6, 6.07) is 9.89. The highest BCUT2D eigenvalue weighted by molar-refractivity contribution is 6.33. The molecule has 1 aliphatic rings. The van der Waals surface area contributed by atoms with Crippen molar-refractivity contribution in [1.82, 2.24) is 14.8 Å². The first-order chi connectivity index (χ1) is 16.3. The number of halogens is 2. The van der Waals surface area contributed by atoms with Gasteiger partial charge in [-0.3, -0.25) is 4.79 Å². The number of hydrogen-bond donors (Lipinski definition) is 3. The molecule has 1 saturated heterocycles. The standard InChI is InChI=1S/C23H25ClFN5O4/c1-2-29(20-10-5-16(25)12-26-20)17-6-8-18(9-7-17)30-22(31)21(24)19(13-27-30)28-23(32,33)15-4-3-11-34-14-15/h5-10,12-13,15,28,32-33H,2-4,11,14H2,1H3. The van der Waals surface area contributed by atoms with E-state index in [0.717, 1.165) is 16.6 Å². The SMILES string of the molecule is CCN(c1ccc(-n2ncc(NC(O)(O)C3CCCOC3)c(Cl)c2=O)cc1)c1ccc(F)cn1. The molecule has 180 valence electrons. The Kier molecular flexibility index (Phi) is 7.13. The molecule has 0 saturated carbocycles. The molecule has 9 nitrogen and oxygen atoms in total. The Bertz CT molecular complexity index is 1180. The Morgan fingerprint density at radius 2 is 2.03 bits per heavy atom. The van der Waals surface area contributed by atoms with E-state index in [1.165, 1.54) is 12.3 Å². The molecule has 3 N–H and O–H groups in total. The average Bonchev–Trinajstić information content (AvgIpc) is 2.85. The van der Waals surface area contributed by atoms with Crippen LogP contribution in [0.25, 0.3) is 5.69 Å². The summed E-state index contributed by atoms with van der Waals surface area (Å²) in [4.78, 5) is 18.9. The molecule has 1 fully saturated rings. The van der Waals surface area contributed by atoms with E-state index < -0.39 is 23.2 Å². The van der Waals surface area contributed by atoms with Crippen LogP contribution >= 0.6 is 11.6 Å². The first kappa shape index (κ1) is 24.1. The third-order valence-electron chi connectivity index (χ3n) is 5.68.